The Kier molecular flexibility index (Phi) is 3.88. The average Bonchev–Trinajstić information content (AvgIpc) is 3.25. The van der Waals surface area contributed by atoms with Crippen molar-refractivity contribution in [1.29, 1.82) is 0 Å². The molecule has 4 rings (SSSR count). The Hall–Kier alpha value is -2.14. The topological polar surface area (TPSA) is 59.0 Å². The average molecular weight is 324 g/mol. The summed E-state index contributed by atoms with van der Waals surface area (Å²) in [6, 6.07) is 7.99. The summed E-state index contributed by atoms with van der Waals surface area (Å²) in [5.74, 6) is 1.72. The summed E-state index contributed by atoms with van der Waals surface area (Å²) in [4.78, 5) is 16.8. The highest BCUT2D eigenvalue weighted by atomic mass is 16.1. The van der Waals surface area contributed by atoms with E-state index in [9.17, 15) is 4.79 Å². The van der Waals surface area contributed by atoms with Gasteiger partial charge in [0, 0.05) is 23.0 Å². The van der Waals surface area contributed by atoms with Gasteiger partial charge in [0.15, 0.2) is 0 Å². The number of rotatable bonds is 3. The van der Waals surface area contributed by atoms with Crippen molar-refractivity contribution < 1.29 is 4.79 Å². The van der Waals surface area contributed by atoms with Crippen molar-refractivity contribution in [3.05, 3.63) is 42.0 Å². The van der Waals surface area contributed by atoms with Crippen LogP contribution in [0.25, 0.3) is 5.69 Å². The molecule has 1 amide bonds. The van der Waals surface area contributed by atoms with Gasteiger partial charge in [-0.05, 0) is 75.9 Å². The Labute approximate surface area is 142 Å². The van der Waals surface area contributed by atoms with E-state index >= 15 is 0 Å². The minimum Gasteiger partial charge on any atom is -0.326 e. The van der Waals surface area contributed by atoms with E-state index in [0.717, 1.165) is 48.7 Å². The van der Waals surface area contributed by atoms with Crippen molar-refractivity contribution in [1.82, 2.24) is 14.9 Å². The number of nitrogens with one attached hydrogen (secondary N) is 2. The molecule has 2 aliphatic rings. The molecular formula is C19H24N4O. The van der Waals surface area contributed by atoms with Gasteiger partial charge in [-0.2, -0.15) is 0 Å². The minimum absolute atomic E-state index is 0.167. The second-order valence-electron chi connectivity index (χ2n) is 7.17. The van der Waals surface area contributed by atoms with Crippen LogP contribution in [0.5, 0.6) is 0 Å². The van der Waals surface area contributed by atoms with Crippen molar-refractivity contribution >= 4 is 11.6 Å². The molecule has 1 aliphatic carbocycles. The highest BCUT2D eigenvalue weighted by Crippen LogP contribution is 2.39. The highest BCUT2D eigenvalue weighted by Gasteiger charge is 2.40. The van der Waals surface area contributed by atoms with Crippen LogP contribution >= 0.6 is 0 Å². The van der Waals surface area contributed by atoms with E-state index in [1.807, 2.05) is 37.5 Å². The van der Waals surface area contributed by atoms with Gasteiger partial charge in [0.1, 0.15) is 0 Å². The zero-order valence-electron chi connectivity index (χ0n) is 14.2. The maximum Gasteiger partial charge on any atom is 0.227 e. The first-order valence-electron chi connectivity index (χ1n) is 8.74. The van der Waals surface area contributed by atoms with Crippen molar-refractivity contribution in [2.45, 2.75) is 26.7 Å². The monoisotopic (exact) mass is 324 g/mol. The van der Waals surface area contributed by atoms with Gasteiger partial charge >= 0.3 is 0 Å². The zero-order valence-corrected chi connectivity index (χ0v) is 14.2. The van der Waals surface area contributed by atoms with Gasteiger partial charge in [0.25, 0.3) is 0 Å². The molecule has 2 fully saturated rings. The molecule has 5 heteroatoms. The van der Waals surface area contributed by atoms with Crippen LogP contribution in [0.3, 0.4) is 0 Å². The standard InChI is InChI=1S/C19H24N4O/c1-12-13(2)23(11-21-12)18-5-3-17(4-6-18)22-19(24)14-7-15-9-20-10-16(15)8-14/h3-6,11,14-16,20H,7-10H2,1-2H3,(H,22,24)/t14?,15-,16+. The predicted molar refractivity (Wildman–Crippen MR) is 94.2 cm³/mol. The van der Waals surface area contributed by atoms with E-state index in [-0.39, 0.29) is 11.8 Å². The van der Waals surface area contributed by atoms with Crippen molar-refractivity contribution in [2.24, 2.45) is 17.8 Å². The van der Waals surface area contributed by atoms with Gasteiger partial charge in [0.05, 0.1) is 12.0 Å². The molecule has 1 aromatic carbocycles. The summed E-state index contributed by atoms with van der Waals surface area (Å²) in [5, 5.41) is 6.51. The number of carbonyl (C=O) groups excluding carboxylic acids is 1. The molecule has 1 aromatic heterocycles. The Bertz CT molecular complexity index is 737. The number of hydrogen-bond acceptors (Lipinski definition) is 3. The third-order valence-corrected chi connectivity index (χ3v) is 5.69. The molecule has 1 aliphatic heterocycles. The second-order valence-corrected chi connectivity index (χ2v) is 7.17. The fourth-order valence-corrected chi connectivity index (χ4v) is 4.09. The van der Waals surface area contributed by atoms with Gasteiger partial charge in [0.2, 0.25) is 5.91 Å². The normalized spacial score (nSPS) is 25.7. The fourth-order valence-electron chi connectivity index (χ4n) is 4.09. The molecule has 24 heavy (non-hydrogen) atoms. The van der Waals surface area contributed by atoms with Crippen LogP contribution in [-0.4, -0.2) is 28.5 Å². The minimum atomic E-state index is 0.167. The van der Waals surface area contributed by atoms with E-state index in [1.165, 1.54) is 0 Å². The predicted octanol–water partition coefficient (Wildman–Crippen LogP) is 2.67. The summed E-state index contributed by atoms with van der Waals surface area (Å²) in [7, 11) is 0. The first-order chi connectivity index (χ1) is 11.6. The van der Waals surface area contributed by atoms with Gasteiger partial charge < -0.3 is 15.2 Å². The molecular weight excluding hydrogens is 300 g/mol. The lowest BCUT2D eigenvalue weighted by Crippen LogP contribution is -2.23. The molecule has 0 radical (unpaired) electrons. The van der Waals surface area contributed by atoms with Crippen molar-refractivity contribution in [3.8, 4) is 5.69 Å². The number of aromatic nitrogens is 2. The molecule has 1 unspecified atom stereocenters. The molecule has 2 heterocycles. The van der Waals surface area contributed by atoms with E-state index < -0.39 is 0 Å². The third-order valence-electron chi connectivity index (χ3n) is 5.69. The van der Waals surface area contributed by atoms with Gasteiger partial charge in [-0.3, -0.25) is 4.79 Å². The lowest BCUT2D eigenvalue weighted by atomic mass is 10.0. The van der Waals surface area contributed by atoms with Crippen LogP contribution in [0.2, 0.25) is 0 Å². The van der Waals surface area contributed by atoms with E-state index in [0.29, 0.717) is 11.8 Å². The maximum atomic E-state index is 12.5. The molecule has 5 nitrogen and oxygen atoms in total. The van der Waals surface area contributed by atoms with Crippen LogP contribution in [-0.2, 0) is 4.79 Å². The lowest BCUT2D eigenvalue weighted by Gasteiger charge is -2.13. The van der Waals surface area contributed by atoms with Crippen LogP contribution in [0.1, 0.15) is 24.2 Å². The SMILES string of the molecule is Cc1ncn(-c2ccc(NC(=O)C3C[C@H]4CNC[C@H]4C3)cc2)c1C. The van der Waals surface area contributed by atoms with E-state index in [2.05, 4.69) is 27.1 Å². The number of amides is 1. The van der Waals surface area contributed by atoms with Crippen LogP contribution in [0.15, 0.2) is 30.6 Å². The van der Waals surface area contributed by atoms with Crippen LogP contribution in [0, 0.1) is 31.6 Å². The lowest BCUT2D eigenvalue weighted by molar-refractivity contribution is -0.119. The summed E-state index contributed by atoms with van der Waals surface area (Å²) in [5.41, 5.74) is 4.10. The van der Waals surface area contributed by atoms with Crippen molar-refractivity contribution in [3.63, 3.8) is 0 Å². The van der Waals surface area contributed by atoms with Crippen LogP contribution < -0.4 is 10.6 Å². The van der Waals surface area contributed by atoms with E-state index in [1.54, 1.807) is 0 Å². The van der Waals surface area contributed by atoms with Gasteiger partial charge in [-0.1, -0.05) is 0 Å². The molecule has 2 aromatic rings. The zero-order chi connectivity index (χ0) is 16.7. The number of aryl methyl sites for hydroxylation is 1. The molecule has 3 atom stereocenters. The Morgan fingerprint density at radius 2 is 1.83 bits per heavy atom. The summed E-state index contributed by atoms with van der Waals surface area (Å²) in [6.45, 7) is 6.22. The first kappa shape index (κ1) is 15.4. The number of benzene rings is 1. The molecule has 2 N–H and O–H groups in total. The Morgan fingerprint density at radius 1 is 1.17 bits per heavy atom. The van der Waals surface area contributed by atoms with Gasteiger partial charge in [-0.15, -0.1) is 0 Å². The number of nitrogens with zero attached hydrogens (tertiary/aromatic N) is 2. The van der Waals surface area contributed by atoms with Crippen LogP contribution in [0.4, 0.5) is 5.69 Å². The quantitative estimate of drug-likeness (QED) is 0.912. The van der Waals surface area contributed by atoms with Gasteiger partial charge in [-0.25, -0.2) is 4.98 Å². The molecule has 126 valence electrons. The third kappa shape index (κ3) is 2.73. The fraction of sp³-hybridized carbons (Fsp3) is 0.474. The van der Waals surface area contributed by atoms with Crippen molar-refractivity contribution in [2.75, 3.05) is 18.4 Å². The summed E-state index contributed by atoms with van der Waals surface area (Å²) >= 11 is 0. The largest absolute Gasteiger partial charge is 0.326 e. The number of anilines is 1. The molecule has 0 bridgehead atoms. The Morgan fingerprint density at radius 3 is 2.42 bits per heavy atom. The van der Waals surface area contributed by atoms with E-state index in [4.69, 9.17) is 0 Å². The second kappa shape index (κ2) is 6.06. The summed E-state index contributed by atoms with van der Waals surface area (Å²) in [6.07, 6.45) is 3.88. The molecule has 1 saturated heterocycles. The first-order valence-corrected chi connectivity index (χ1v) is 8.74. The smallest absolute Gasteiger partial charge is 0.227 e. The Balaban J connectivity index is 1.42. The highest BCUT2D eigenvalue weighted by molar-refractivity contribution is 5.92. The number of carbonyl (C=O) groups is 1. The molecule has 1 saturated carbocycles. The number of imidazole rings is 1. The summed E-state index contributed by atoms with van der Waals surface area (Å²) < 4.78 is 2.06. The maximum absolute atomic E-state index is 12.5. The number of hydrogen-bond donors (Lipinski definition) is 2. The molecule has 0 spiro atoms. The number of fused-ring (bicyclic) bond motifs is 1.